The lowest BCUT2D eigenvalue weighted by Gasteiger charge is -2.13. The summed E-state index contributed by atoms with van der Waals surface area (Å²) in [5.41, 5.74) is 5.37. The van der Waals surface area contributed by atoms with Gasteiger partial charge in [-0.1, -0.05) is 25.6 Å². The van der Waals surface area contributed by atoms with Crippen LogP contribution in [-0.4, -0.2) is 21.5 Å². The van der Waals surface area contributed by atoms with Crippen LogP contribution in [0.15, 0.2) is 23.1 Å². The Morgan fingerprint density at radius 3 is 2.84 bits per heavy atom. The van der Waals surface area contributed by atoms with E-state index < -0.39 is 0 Å². The lowest BCUT2D eigenvalue weighted by molar-refractivity contribution is -0.122. The van der Waals surface area contributed by atoms with Crippen molar-refractivity contribution in [1.29, 1.82) is 0 Å². The van der Waals surface area contributed by atoms with Gasteiger partial charge in [-0.15, -0.1) is 0 Å². The van der Waals surface area contributed by atoms with Gasteiger partial charge in [-0.05, 0) is 25.5 Å². The van der Waals surface area contributed by atoms with E-state index in [4.69, 9.17) is 18.0 Å². The van der Waals surface area contributed by atoms with E-state index in [1.165, 1.54) is 4.57 Å². The number of amides is 1. The van der Waals surface area contributed by atoms with E-state index in [2.05, 4.69) is 12.2 Å². The van der Waals surface area contributed by atoms with Gasteiger partial charge < -0.3 is 15.6 Å². The summed E-state index contributed by atoms with van der Waals surface area (Å²) in [4.78, 5) is 23.8. The van der Waals surface area contributed by atoms with Crippen LogP contribution in [0.25, 0.3) is 0 Å². The Balaban J connectivity index is 2.78. The molecule has 1 aromatic rings. The number of pyridine rings is 1. The van der Waals surface area contributed by atoms with Crippen molar-refractivity contribution in [3.05, 3.63) is 34.2 Å². The van der Waals surface area contributed by atoms with Crippen molar-refractivity contribution in [2.24, 2.45) is 5.73 Å². The summed E-state index contributed by atoms with van der Waals surface area (Å²) in [6.07, 6.45) is 3.46. The van der Waals surface area contributed by atoms with Gasteiger partial charge in [0.05, 0.1) is 5.56 Å². The quantitative estimate of drug-likeness (QED) is 0.756. The van der Waals surface area contributed by atoms with Crippen LogP contribution < -0.4 is 16.6 Å². The number of nitrogens with zero attached hydrogens (tertiary/aromatic N) is 1. The lowest BCUT2D eigenvalue weighted by Crippen LogP contribution is -2.38. The van der Waals surface area contributed by atoms with E-state index in [9.17, 15) is 9.59 Å². The molecule has 0 aliphatic heterocycles. The van der Waals surface area contributed by atoms with Crippen molar-refractivity contribution in [3.63, 3.8) is 0 Å². The molecule has 0 aliphatic rings. The molecule has 5 nitrogen and oxygen atoms in total. The smallest absolute Gasteiger partial charge is 0.261 e. The van der Waals surface area contributed by atoms with Crippen molar-refractivity contribution >= 4 is 23.1 Å². The second-order valence-corrected chi connectivity index (χ2v) is 4.92. The molecule has 0 bridgehead atoms. The average Bonchev–Trinajstić information content (AvgIpc) is 2.31. The maximum absolute atomic E-state index is 12.0. The summed E-state index contributed by atoms with van der Waals surface area (Å²) >= 11 is 4.79. The molecule has 19 heavy (non-hydrogen) atoms. The van der Waals surface area contributed by atoms with Gasteiger partial charge in [0, 0.05) is 12.2 Å². The second kappa shape index (κ2) is 7.04. The van der Waals surface area contributed by atoms with Crippen molar-refractivity contribution in [2.75, 3.05) is 0 Å². The van der Waals surface area contributed by atoms with Gasteiger partial charge in [0.15, 0.2) is 0 Å². The highest BCUT2D eigenvalue weighted by Crippen LogP contribution is 1.96. The minimum atomic E-state index is -0.340. The van der Waals surface area contributed by atoms with E-state index >= 15 is 0 Å². The minimum Gasteiger partial charge on any atom is -0.389 e. The van der Waals surface area contributed by atoms with Crippen LogP contribution >= 0.6 is 12.2 Å². The molecule has 0 spiro atoms. The molecule has 104 valence electrons. The van der Waals surface area contributed by atoms with Gasteiger partial charge in [-0.25, -0.2) is 0 Å². The number of aromatic nitrogens is 1. The van der Waals surface area contributed by atoms with Gasteiger partial charge in [-0.2, -0.15) is 0 Å². The summed E-state index contributed by atoms with van der Waals surface area (Å²) in [6.45, 7) is 3.97. The molecule has 1 unspecified atom stereocenters. The Labute approximate surface area is 117 Å². The Morgan fingerprint density at radius 1 is 1.58 bits per heavy atom. The average molecular weight is 281 g/mol. The zero-order chi connectivity index (χ0) is 14.4. The number of carbonyl (C=O) groups is 1. The molecule has 6 heteroatoms. The number of rotatable bonds is 6. The van der Waals surface area contributed by atoms with Gasteiger partial charge in [0.25, 0.3) is 5.56 Å². The first-order valence-corrected chi connectivity index (χ1v) is 6.65. The van der Waals surface area contributed by atoms with Gasteiger partial charge in [0.2, 0.25) is 5.91 Å². The summed E-state index contributed by atoms with van der Waals surface area (Å²) in [5, 5.41) is 2.84. The molecule has 0 aliphatic carbocycles. The molecule has 1 rings (SSSR count). The number of thiocarbonyl (C=S) groups is 1. The maximum atomic E-state index is 12.0. The Hall–Kier alpha value is -1.69. The van der Waals surface area contributed by atoms with Crippen molar-refractivity contribution in [1.82, 2.24) is 9.88 Å². The highest BCUT2D eigenvalue weighted by Gasteiger charge is 2.10. The molecule has 1 atom stereocenters. The normalized spacial score (nSPS) is 11.9. The first-order valence-electron chi connectivity index (χ1n) is 6.24. The Bertz CT molecular complexity index is 525. The number of nitrogens with two attached hydrogens (primary N) is 1. The Kier molecular flexibility index (Phi) is 5.69. The van der Waals surface area contributed by atoms with Crippen LogP contribution in [0.3, 0.4) is 0 Å². The number of nitrogens with one attached hydrogen (secondary N) is 1. The van der Waals surface area contributed by atoms with E-state index in [1.807, 2.05) is 6.92 Å². The fourth-order valence-electron chi connectivity index (χ4n) is 1.83. The number of hydrogen-bond acceptors (Lipinski definition) is 3. The van der Waals surface area contributed by atoms with Gasteiger partial charge >= 0.3 is 0 Å². The highest BCUT2D eigenvalue weighted by molar-refractivity contribution is 7.80. The molecule has 3 N–H and O–H groups in total. The fraction of sp³-hybridized carbons (Fsp3) is 0.462. The zero-order valence-electron chi connectivity index (χ0n) is 11.2. The van der Waals surface area contributed by atoms with E-state index in [0.717, 1.165) is 12.8 Å². The van der Waals surface area contributed by atoms with Crippen LogP contribution in [-0.2, 0) is 11.3 Å². The topological polar surface area (TPSA) is 77.1 Å². The highest BCUT2D eigenvalue weighted by atomic mass is 32.1. The molecule has 0 saturated carbocycles. The Morgan fingerprint density at radius 2 is 2.26 bits per heavy atom. The molecule has 1 aromatic heterocycles. The maximum Gasteiger partial charge on any atom is 0.261 e. The monoisotopic (exact) mass is 281 g/mol. The number of carbonyl (C=O) groups excluding carboxylic acids is 1. The first kappa shape index (κ1) is 15.4. The predicted molar refractivity (Wildman–Crippen MR) is 79.1 cm³/mol. The van der Waals surface area contributed by atoms with Crippen LogP contribution in [0.1, 0.15) is 32.3 Å². The lowest BCUT2D eigenvalue weighted by atomic mass is 10.2. The predicted octanol–water partition coefficient (Wildman–Crippen LogP) is 0.787. The summed E-state index contributed by atoms with van der Waals surface area (Å²) in [7, 11) is 0. The van der Waals surface area contributed by atoms with Gasteiger partial charge in [-0.3, -0.25) is 9.59 Å². The number of hydrogen-bond donors (Lipinski definition) is 2. The molecular formula is C13H19N3O2S. The van der Waals surface area contributed by atoms with Crippen molar-refractivity contribution in [3.8, 4) is 0 Å². The third kappa shape index (κ3) is 4.48. The molecular weight excluding hydrogens is 262 g/mol. The van der Waals surface area contributed by atoms with Gasteiger partial charge in [0.1, 0.15) is 11.5 Å². The van der Waals surface area contributed by atoms with Crippen LogP contribution in [0.2, 0.25) is 0 Å². The third-order valence-electron chi connectivity index (χ3n) is 2.73. The van der Waals surface area contributed by atoms with Crippen LogP contribution in [0.5, 0.6) is 0 Å². The zero-order valence-corrected chi connectivity index (χ0v) is 12.0. The minimum absolute atomic E-state index is 0.0245. The summed E-state index contributed by atoms with van der Waals surface area (Å²) in [5.74, 6) is -0.192. The van der Waals surface area contributed by atoms with E-state index in [-0.39, 0.29) is 34.6 Å². The second-order valence-electron chi connectivity index (χ2n) is 4.48. The SMILES string of the molecule is CCCC(C)NC(=O)Cn1cccc(C(N)=S)c1=O. The van der Waals surface area contributed by atoms with Crippen molar-refractivity contribution in [2.45, 2.75) is 39.3 Å². The van der Waals surface area contributed by atoms with E-state index in [1.54, 1.807) is 18.3 Å². The van der Waals surface area contributed by atoms with Crippen molar-refractivity contribution < 1.29 is 4.79 Å². The molecule has 1 heterocycles. The summed E-state index contributed by atoms with van der Waals surface area (Å²) < 4.78 is 1.31. The standard InChI is InChI=1S/C13H19N3O2S/c1-3-5-9(2)15-11(17)8-16-7-4-6-10(12(14)19)13(16)18/h4,6-7,9H,3,5,8H2,1-2H3,(H2,14,19)(H,15,17). The molecule has 0 saturated heterocycles. The summed E-state index contributed by atoms with van der Waals surface area (Å²) in [6, 6.07) is 3.31. The molecule has 0 radical (unpaired) electrons. The van der Waals surface area contributed by atoms with Crippen LogP contribution in [0, 0.1) is 0 Å². The molecule has 0 aromatic carbocycles. The molecule has 0 fully saturated rings. The van der Waals surface area contributed by atoms with Crippen LogP contribution in [0.4, 0.5) is 0 Å². The fourth-order valence-corrected chi connectivity index (χ4v) is 1.98. The first-order chi connectivity index (χ1) is 8.95. The van der Waals surface area contributed by atoms with E-state index in [0.29, 0.717) is 0 Å². The molecule has 1 amide bonds. The largest absolute Gasteiger partial charge is 0.389 e. The third-order valence-corrected chi connectivity index (χ3v) is 2.95.